The molecule has 1 aromatic heterocycles. The Labute approximate surface area is 151 Å². The largest absolute Gasteiger partial charge is 0.356 e. The van der Waals surface area contributed by atoms with E-state index in [2.05, 4.69) is 45.4 Å². The maximum atomic E-state index is 13.1. The third kappa shape index (κ3) is 6.93. The Morgan fingerprint density at radius 3 is 2.80 bits per heavy atom. The molecule has 0 saturated carbocycles. The minimum Gasteiger partial charge on any atom is -0.356 e. The van der Waals surface area contributed by atoms with E-state index in [1.807, 2.05) is 0 Å². The Balaban J connectivity index is 1.71. The van der Waals surface area contributed by atoms with Crippen LogP contribution in [0.15, 0.2) is 46.8 Å². The number of carbonyl (C=O) groups excluding carboxylic acids is 1. The Kier molecular flexibility index (Phi) is 7.40. The molecule has 0 bridgehead atoms. The molecule has 1 heterocycles. The van der Waals surface area contributed by atoms with E-state index in [4.69, 9.17) is 0 Å². The lowest BCUT2D eigenvalue weighted by molar-refractivity contribution is -0.115. The van der Waals surface area contributed by atoms with Crippen molar-refractivity contribution in [3.8, 4) is 0 Å². The average Bonchev–Trinajstić information content (AvgIpc) is 3.08. The first-order valence-corrected chi connectivity index (χ1v) is 8.97. The number of carbonyl (C=O) groups is 1. The fraction of sp³-hybridized carbons (Fsp3) is 0.333. The number of benzene rings is 1. The van der Waals surface area contributed by atoms with E-state index in [9.17, 15) is 9.18 Å². The maximum Gasteiger partial charge on any atom is 0.243 e. The van der Waals surface area contributed by atoms with Crippen LogP contribution in [0.4, 0.5) is 10.1 Å². The molecule has 0 fully saturated rings. The zero-order valence-electron chi connectivity index (χ0n) is 14.4. The lowest BCUT2D eigenvalue weighted by Gasteiger charge is -2.15. The Morgan fingerprint density at radius 1 is 1.28 bits per heavy atom. The van der Waals surface area contributed by atoms with Crippen molar-refractivity contribution in [1.29, 1.82) is 0 Å². The highest BCUT2D eigenvalue weighted by Gasteiger charge is 2.08. The van der Waals surface area contributed by atoms with Gasteiger partial charge in [0, 0.05) is 24.2 Å². The van der Waals surface area contributed by atoms with Crippen LogP contribution in [0.1, 0.15) is 11.8 Å². The molecule has 25 heavy (non-hydrogen) atoms. The molecule has 0 radical (unpaired) electrons. The summed E-state index contributed by atoms with van der Waals surface area (Å²) in [5, 5.41) is 10.9. The lowest BCUT2D eigenvalue weighted by atomic mass is 10.1. The van der Waals surface area contributed by atoms with Gasteiger partial charge in [-0.05, 0) is 42.0 Å². The van der Waals surface area contributed by atoms with Crippen molar-refractivity contribution in [2.75, 3.05) is 25.5 Å². The molecular formula is C18H23FN4OS. The highest BCUT2D eigenvalue weighted by molar-refractivity contribution is 7.09. The van der Waals surface area contributed by atoms with Crippen LogP contribution in [0.2, 0.25) is 0 Å². The Hall–Kier alpha value is -2.41. The molecule has 1 atom stereocenters. The van der Waals surface area contributed by atoms with Gasteiger partial charge in [0.15, 0.2) is 5.96 Å². The maximum absolute atomic E-state index is 13.1. The molecule has 0 aliphatic carbocycles. The second kappa shape index (κ2) is 9.78. The summed E-state index contributed by atoms with van der Waals surface area (Å²) < 4.78 is 13.1. The van der Waals surface area contributed by atoms with Crippen LogP contribution in [0, 0.1) is 11.7 Å². The van der Waals surface area contributed by atoms with Crippen LogP contribution in [-0.4, -0.2) is 32.0 Å². The predicted molar refractivity (Wildman–Crippen MR) is 102 cm³/mol. The van der Waals surface area contributed by atoms with Gasteiger partial charge in [-0.15, -0.1) is 11.3 Å². The second-order valence-electron chi connectivity index (χ2n) is 5.75. The van der Waals surface area contributed by atoms with Crippen LogP contribution in [0.5, 0.6) is 0 Å². The summed E-state index contributed by atoms with van der Waals surface area (Å²) in [5.41, 5.74) is 0.430. The van der Waals surface area contributed by atoms with Gasteiger partial charge in [0.05, 0.1) is 6.54 Å². The van der Waals surface area contributed by atoms with Crippen LogP contribution >= 0.6 is 11.3 Å². The lowest BCUT2D eigenvalue weighted by Crippen LogP contribution is -2.43. The number of halogens is 1. The van der Waals surface area contributed by atoms with Gasteiger partial charge in [-0.2, -0.15) is 0 Å². The third-order valence-electron chi connectivity index (χ3n) is 3.50. The van der Waals surface area contributed by atoms with E-state index in [1.165, 1.54) is 17.0 Å². The number of hydrogen-bond acceptors (Lipinski definition) is 3. The molecule has 134 valence electrons. The van der Waals surface area contributed by atoms with Crippen LogP contribution in [-0.2, 0) is 11.2 Å². The van der Waals surface area contributed by atoms with Gasteiger partial charge in [-0.3, -0.25) is 9.79 Å². The molecule has 3 N–H and O–H groups in total. The number of nitrogens with one attached hydrogen (secondary N) is 3. The quantitative estimate of drug-likeness (QED) is 0.524. The van der Waals surface area contributed by atoms with E-state index in [0.29, 0.717) is 17.6 Å². The van der Waals surface area contributed by atoms with Crippen molar-refractivity contribution in [2.45, 2.75) is 13.3 Å². The molecule has 0 aliphatic rings. The average molecular weight is 362 g/mol. The van der Waals surface area contributed by atoms with E-state index in [1.54, 1.807) is 30.5 Å². The molecule has 1 amide bonds. The minimum atomic E-state index is -0.386. The summed E-state index contributed by atoms with van der Waals surface area (Å²) in [6.07, 6.45) is 1.00. The van der Waals surface area contributed by atoms with Crippen molar-refractivity contribution in [2.24, 2.45) is 10.9 Å². The molecule has 5 nitrogen and oxygen atoms in total. The first kappa shape index (κ1) is 18.9. The van der Waals surface area contributed by atoms with Crippen molar-refractivity contribution < 1.29 is 9.18 Å². The predicted octanol–water partition coefficient (Wildman–Crippen LogP) is 2.87. The number of nitrogens with zero attached hydrogens (tertiary/aromatic N) is 1. The van der Waals surface area contributed by atoms with Gasteiger partial charge in [-0.1, -0.05) is 19.1 Å². The fourth-order valence-corrected chi connectivity index (χ4v) is 3.14. The van der Waals surface area contributed by atoms with Gasteiger partial charge in [0.25, 0.3) is 0 Å². The van der Waals surface area contributed by atoms with Gasteiger partial charge >= 0.3 is 0 Å². The Morgan fingerprint density at radius 2 is 2.12 bits per heavy atom. The van der Waals surface area contributed by atoms with E-state index >= 15 is 0 Å². The molecule has 0 spiro atoms. The number of amides is 1. The normalized spacial score (nSPS) is 12.5. The number of hydrogen-bond donors (Lipinski definition) is 3. The standard InChI is InChI=1S/C18H23FN4OS/c1-13(9-16-7-4-8-25-16)11-21-18(20-2)22-12-17(24)23-15-6-3-5-14(19)10-15/h3-8,10,13H,9,11-12H2,1-2H3,(H,23,24)(H2,20,21,22). The fourth-order valence-electron chi connectivity index (χ4n) is 2.27. The summed E-state index contributed by atoms with van der Waals surface area (Å²) in [4.78, 5) is 17.4. The van der Waals surface area contributed by atoms with Gasteiger partial charge < -0.3 is 16.0 Å². The van der Waals surface area contributed by atoms with Crippen LogP contribution in [0.25, 0.3) is 0 Å². The van der Waals surface area contributed by atoms with Crippen molar-refractivity contribution >= 4 is 28.9 Å². The number of aliphatic imine (C=N–C) groups is 1. The van der Waals surface area contributed by atoms with Gasteiger partial charge in [0.2, 0.25) is 5.91 Å². The van der Waals surface area contributed by atoms with Crippen molar-refractivity contribution in [3.05, 3.63) is 52.5 Å². The van der Waals surface area contributed by atoms with Crippen LogP contribution < -0.4 is 16.0 Å². The molecule has 2 aromatic rings. The second-order valence-corrected chi connectivity index (χ2v) is 6.79. The molecular weight excluding hydrogens is 339 g/mol. The summed E-state index contributed by atoms with van der Waals surface area (Å²) in [5.74, 6) is 0.355. The molecule has 2 rings (SSSR count). The molecule has 1 unspecified atom stereocenters. The van der Waals surface area contributed by atoms with Crippen molar-refractivity contribution in [1.82, 2.24) is 10.6 Å². The monoisotopic (exact) mass is 362 g/mol. The summed E-state index contributed by atoms with van der Waals surface area (Å²) >= 11 is 1.75. The minimum absolute atomic E-state index is 0.0511. The highest BCUT2D eigenvalue weighted by atomic mass is 32.1. The number of rotatable bonds is 7. The number of thiophene rings is 1. The van der Waals surface area contributed by atoms with Gasteiger partial charge in [0.1, 0.15) is 5.82 Å². The molecule has 0 saturated heterocycles. The van der Waals surface area contributed by atoms with E-state index in [0.717, 1.165) is 13.0 Å². The number of guanidine groups is 1. The zero-order valence-corrected chi connectivity index (χ0v) is 15.2. The topological polar surface area (TPSA) is 65.5 Å². The summed E-state index contributed by atoms with van der Waals surface area (Å²) in [7, 11) is 1.66. The Bertz CT molecular complexity index is 703. The summed E-state index contributed by atoms with van der Waals surface area (Å²) in [6, 6.07) is 9.98. The SMILES string of the molecule is CN=C(NCC(=O)Nc1cccc(F)c1)NCC(C)Cc1cccs1. The zero-order chi connectivity index (χ0) is 18.1. The first-order chi connectivity index (χ1) is 12.1. The molecule has 1 aromatic carbocycles. The highest BCUT2D eigenvalue weighted by Crippen LogP contribution is 2.13. The van der Waals surface area contributed by atoms with E-state index in [-0.39, 0.29) is 18.3 Å². The molecule has 7 heteroatoms. The van der Waals surface area contributed by atoms with Crippen LogP contribution in [0.3, 0.4) is 0 Å². The van der Waals surface area contributed by atoms with Crippen molar-refractivity contribution in [3.63, 3.8) is 0 Å². The van der Waals surface area contributed by atoms with Gasteiger partial charge in [-0.25, -0.2) is 4.39 Å². The molecule has 0 aliphatic heterocycles. The van der Waals surface area contributed by atoms with E-state index < -0.39 is 0 Å². The third-order valence-corrected chi connectivity index (χ3v) is 4.39. The number of anilines is 1. The first-order valence-electron chi connectivity index (χ1n) is 8.09. The summed E-state index contributed by atoms with van der Waals surface area (Å²) in [6.45, 7) is 2.97. The smallest absolute Gasteiger partial charge is 0.243 e.